The monoisotopic (exact) mass is 351 g/mol. The lowest BCUT2D eigenvalue weighted by molar-refractivity contribution is 0.102. The van der Waals surface area contributed by atoms with Crippen LogP contribution in [0, 0.1) is 5.82 Å². The molecule has 0 radical (unpaired) electrons. The van der Waals surface area contributed by atoms with Crippen molar-refractivity contribution in [3.63, 3.8) is 0 Å². The van der Waals surface area contributed by atoms with Crippen LogP contribution in [-0.2, 0) is 0 Å². The number of carbonyl (C=O) groups excluding carboxylic acids is 1. The van der Waals surface area contributed by atoms with Crippen LogP contribution < -0.4 is 5.32 Å². The number of carbonyl (C=O) groups is 1. The molecule has 1 N–H and O–H groups in total. The fourth-order valence-corrected chi connectivity index (χ4v) is 2.91. The maximum atomic E-state index is 13.1. The van der Waals surface area contributed by atoms with E-state index in [0.29, 0.717) is 20.9 Å². The van der Waals surface area contributed by atoms with Gasteiger partial charge in [0.05, 0.1) is 15.8 Å². The van der Waals surface area contributed by atoms with Gasteiger partial charge in [0.25, 0.3) is 5.91 Å². The van der Waals surface area contributed by atoms with Gasteiger partial charge in [-0.2, -0.15) is 0 Å². The Morgan fingerprint density at radius 2 is 2.15 bits per heavy atom. The molecule has 3 rings (SSSR count). The number of pyridine rings is 1. The van der Waals surface area contributed by atoms with Gasteiger partial charge in [-0.3, -0.25) is 15.1 Å². The number of nitrogens with zero attached hydrogens (tertiary/aromatic N) is 2. The second-order valence-electron chi connectivity index (χ2n) is 3.98. The van der Waals surface area contributed by atoms with Crippen molar-refractivity contribution in [3.8, 4) is 0 Å². The first-order valence-corrected chi connectivity index (χ1v) is 7.21. The Bertz CT molecular complexity index is 805. The smallest absolute Gasteiger partial charge is 0.259 e. The van der Waals surface area contributed by atoms with Crippen LogP contribution in [0.15, 0.2) is 41.1 Å². The molecule has 100 valence electrons. The van der Waals surface area contributed by atoms with E-state index in [4.69, 9.17) is 0 Å². The Hall–Kier alpha value is -1.86. The molecule has 0 saturated heterocycles. The van der Waals surface area contributed by atoms with Crippen molar-refractivity contribution >= 4 is 48.5 Å². The van der Waals surface area contributed by atoms with Crippen molar-refractivity contribution in [3.05, 3.63) is 52.5 Å². The van der Waals surface area contributed by atoms with E-state index in [1.165, 1.54) is 29.7 Å². The predicted octanol–water partition coefficient (Wildman–Crippen LogP) is 3.85. The number of anilines is 1. The number of amides is 1. The van der Waals surface area contributed by atoms with E-state index < -0.39 is 0 Å². The van der Waals surface area contributed by atoms with Crippen molar-refractivity contribution < 1.29 is 9.18 Å². The Morgan fingerprint density at radius 1 is 1.30 bits per heavy atom. The van der Waals surface area contributed by atoms with Crippen LogP contribution in [0.3, 0.4) is 0 Å². The quantitative estimate of drug-likeness (QED) is 0.762. The molecule has 0 spiro atoms. The number of hydrogen-bond donors (Lipinski definition) is 1. The van der Waals surface area contributed by atoms with Crippen LogP contribution in [0.5, 0.6) is 0 Å². The summed E-state index contributed by atoms with van der Waals surface area (Å²) < 4.78 is 14.5. The number of hydrogen-bond acceptors (Lipinski definition) is 4. The molecule has 3 aromatic rings. The van der Waals surface area contributed by atoms with Gasteiger partial charge in [-0.05, 0) is 40.2 Å². The van der Waals surface area contributed by atoms with Crippen LogP contribution in [-0.4, -0.2) is 15.9 Å². The van der Waals surface area contributed by atoms with E-state index in [1.807, 2.05) is 0 Å². The van der Waals surface area contributed by atoms with E-state index in [-0.39, 0.29) is 11.7 Å². The Kier molecular flexibility index (Phi) is 3.45. The van der Waals surface area contributed by atoms with Crippen LogP contribution in [0.4, 0.5) is 9.52 Å². The van der Waals surface area contributed by atoms with Gasteiger partial charge in [0.15, 0.2) is 5.13 Å². The number of nitrogens with one attached hydrogen (secondary N) is 1. The molecule has 4 nitrogen and oxygen atoms in total. The molecule has 1 aromatic carbocycles. The van der Waals surface area contributed by atoms with Crippen molar-refractivity contribution in [2.24, 2.45) is 0 Å². The molecule has 7 heteroatoms. The summed E-state index contributed by atoms with van der Waals surface area (Å²) in [5.74, 6) is -0.631. The zero-order valence-corrected chi connectivity index (χ0v) is 12.3. The Balaban J connectivity index is 1.87. The Labute approximate surface area is 125 Å². The molecule has 1 amide bonds. The lowest BCUT2D eigenvalue weighted by Crippen LogP contribution is -2.11. The summed E-state index contributed by atoms with van der Waals surface area (Å²) in [5, 5.41) is 3.11. The first kappa shape index (κ1) is 13.1. The lowest BCUT2D eigenvalue weighted by Gasteiger charge is -2.00. The van der Waals surface area contributed by atoms with Crippen LogP contribution in [0.1, 0.15) is 10.4 Å². The van der Waals surface area contributed by atoms with Gasteiger partial charge in [-0.15, -0.1) is 0 Å². The number of benzene rings is 1. The average molecular weight is 352 g/mol. The zero-order chi connectivity index (χ0) is 14.1. The summed E-state index contributed by atoms with van der Waals surface area (Å²) >= 11 is 4.48. The summed E-state index contributed by atoms with van der Waals surface area (Å²) in [6, 6.07) is 5.97. The summed E-state index contributed by atoms with van der Waals surface area (Å²) in [7, 11) is 0. The second kappa shape index (κ2) is 5.26. The minimum Gasteiger partial charge on any atom is -0.298 e. The Morgan fingerprint density at radius 3 is 2.95 bits per heavy atom. The number of halogens is 2. The topological polar surface area (TPSA) is 54.9 Å². The average Bonchev–Trinajstić information content (AvgIpc) is 2.80. The van der Waals surface area contributed by atoms with E-state index >= 15 is 0 Å². The molecular formula is C13H7BrFN3OS. The van der Waals surface area contributed by atoms with Crippen molar-refractivity contribution in [1.29, 1.82) is 0 Å². The largest absolute Gasteiger partial charge is 0.298 e. The van der Waals surface area contributed by atoms with Gasteiger partial charge in [-0.25, -0.2) is 9.37 Å². The molecule has 0 atom stereocenters. The van der Waals surface area contributed by atoms with E-state index in [0.717, 1.165) is 4.47 Å². The predicted molar refractivity (Wildman–Crippen MR) is 79.5 cm³/mol. The summed E-state index contributed by atoms with van der Waals surface area (Å²) in [6.07, 6.45) is 3.06. The van der Waals surface area contributed by atoms with E-state index in [1.54, 1.807) is 18.3 Å². The molecule has 0 bridgehead atoms. The maximum absolute atomic E-state index is 13.1. The third-order valence-electron chi connectivity index (χ3n) is 2.54. The molecule has 0 aliphatic rings. The van der Waals surface area contributed by atoms with E-state index in [2.05, 4.69) is 31.2 Å². The molecule has 2 aromatic heterocycles. The third kappa shape index (κ3) is 2.68. The second-order valence-corrected chi connectivity index (χ2v) is 5.92. The third-order valence-corrected chi connectivity index (χ3v) is 3.91. The van der Waals surface area contributed by atoms with Crippen molar-refractivity contribution in [2.45, 2.75) is 0 Å². The van der Waals surface area contributed by atoms with E-state index in [9.17, 15) is 9.18 Å². The first-order valence-electron chi connectivity index (χ1n) is 5.60. The molecule has 0 fully saturated rings. The van der Waals surface area contributed by atoms with Crippen LogP contribution in [0.2, 0.25) is 0 Å². The highest BCUT2D eigenvalue weighted by Crippen LogP contribution is 2.26. The SMILES string of the molecule is O=C(Nc1nc2ccc(F)cc2s1)c1cncc(Br)c1. The zero-order valence-electron chi connectivity index (χ0n) is 9.93. The van der Waals surface area contributed by atoms with Crippen molar-refractivity contribution in [1.82, 2.24) is 9.97 Å². The maximum Gasteiger partial charge on any atom is 0.259 e. The number of fused-ring (bicyclic) bond motifs is 1. The molecular weight excluding hydrogens is 345 g/mol. The normalized spacial score (nSPS) is 10.7. The molecule has 20 heavy (non-hydrogen) atoms. The highest BCUT2D eigenvalue weighted by molar-refractivity contribution is 9.10. The summed E-state index contributed by atoms with van der Waals surface area (Å²) in [6.45, 7) is 0. The fourth-order valence-electron chi connectivity index (χ4n) is 1.66. The van der Waals surface area contributed by atoms with Gasteiger partial charge in [-0.1, -0.05) is 11.3 Å². The standard InChI is InChI=1S/C13H7BrFN3OS/c14-8-3-7(5-16-6-8)12(19)18-13-17-10-2-1-9(15)4-11(10)20-13/h1-6H,(H,17,18,19). The molecule has 0 saturated carbocycles. The molecule has 0 unspecified atom stereocenters. The molecule has 2 heterocycles. The highest BCUT2D eigenvalue weighted by atomic mass is 79.9. The minimum absolute atomic E-state index is 0.307. The lowest BCUT2D eigenvalue weighted by atomic mass is 10.3. The van der Waals surface area contributed by atoms with Crippen molar-refractivity contribution in [2.75, 3.05) is 5.32 Å². The highest BCUT2D eigenvalue weighted by Gasteiger charge is 2.11. The van der Waals surface area contributed by atoms with Crippen LogP contribution in [0.25, 0.3) is 10.2 Å². The molecule has 0 aliphatic carbocycles. The van der Waals surface area contributed by atoms with Gasteiger partial charge in [0.2, 0.25) is 0 Å². The van der Waals surface area contributed by atoms with Gasteiger partial charge >= 0.3 is 0 Å². The first-order chi connectivity index (χ1) is 9.61. The van der Waals surface area contributed by atoms with Gasteiger partial charge in [0.1, 0.15) is 5.82 Å². The number of rotatable bonds is 2. The van der Waals surface area contributed by atoms with Gasteiger partial charge in [0, 0.05) is 16.9 Å². The summed E-state index contributed by atoms with van der Waals surface area (Å²) in [4.78, 5) is 20.2. The van der Waals surface area contributed by atoms with Crippen LogP contribution >= 0.6 is 27.3 Å². The summed E-state index contributed by atoms with van der Waals surface area (Å²) in [5.41, 5.74) is 1.07. The van der Waals surface area contributed by atoms with Gasteiger partial charge < -0.3 is 0 Å². The fraction of sp³-hybridized carbons (Fsp3) is 0. The number of aromatic nitrogens is 2. The number of thiazole rings is 1. The minimum atomic E-state index is -0.324. The molecule has 0 aliphatic heterocycles.